The molecule has 1 rings (SSSR count). The topological polar surface area (TPSA) is 72.0 Å². The third-order valence-corrected chi connectivity index (χ3v) is 0.993. The van der Waals surface area contributed by atoms with E-state index in [0.29, 0.717) is 11.4 Å². The first-order valence-corrected chi connectivity index (χ1v) is 2.50. The van der Waals surface area contributed by atoms with Crippen molar-refractivity contribution in [3.8, 4) is 0 Å². The Kier molecular flexibility index (Phi) is 3.35. The summed E-state index contributed by atoms with van der Waals surface area (Å²) in [6.45, 7) is -0.104. The van der Waals surface area contributed by atoms with Crippen LogP contribution in [-0.4, -0.2) is 15.1 Å². The molecule has 0 radical (unpaired) electrons. The number of aromatic nitrogens is 2. The lowest BCUT2D eigenvalue weighted by atomic mass is 10.3. The SMILES string of the molecule is C.Nc1ncncc1CO. The Hall–Kier alpha value is -1.16. The molecule has 0 saturated carbocycles. The van der Waals surface area contributed by atoms with Gasteiger partial charge in [-0.25, -0.2) is 9.97 Å². The molecule has 56 valence electrons. The molecule has 0 aromatic carbocycles. The predicted molar refractivity (Wildman–Crippen MR) is 39.1 cm³/mol. The largest absolute Gasteiger partial charge is 0.391 e. The summed E-state index contributed by atoms with van der Waals surface area (Å²) in [7, 11) is 0. The molecule has 0 atom stereocenters. The van der Waals surface area contributed by atoms with Crippen molar-refractivity contribution in [1.29, 1.82) is 0 Å². The van der Waals surface area contributed by atoms with E-state index >= 15 is 0 Å². The highest BCUT2D eigenvalue weighted by atomic mass is 16.3. The number of nitrogens with two attached hydrogens (primary N) is 1. The van der Waals surface area contributed by atoms with E-state index in [9.17, 15) is 0 Å². The summed E-state index contributed by atoms with van der Waals surface area (Å²) >= 11 is 0. The molecule has 3 N–H and O–H groups in total. The molecule has 0 aliphatic rings. The summed E-state index contributed by atoms with van der Waals surface area (Å²) in [5.41, 5.74) is 5.89. The minimum absolute atomic E-state index is 0. The van der Waals surface area contributed by atoms with Crippen molar-refractivity contribution in [3.63, 3.8) is 0 Å². The van der Waals surface area contributed by atoms with Gasteiger partial charge in [-0.2, -0.15) is 0 Å². The second-order valence-corrected chi connectivity index (χ2v) is 1.59. The van der Waals surface area contributed by atoms with E-state index in [-0.39, 0.29) is 14.0 Å². The number of nitrogen functional groups attached to an aromatic ring is 1. The maximum atomic E-state index is 8.56. The van der Waals surface area contributed by atoms with Crippen molar-refractivity contribution in [2.45, 2.75) is 14.0 Å². The fourth-order valence-corrected chi connectivity index (χ4v) is 0.490. The summed E-state index contributed by atoms with van der Waals surface area (Å²) in [5.74, 6) is 0.340. The Morgan fingerprint density at radius 1 is 1.60 bits per heavy atom. The van der Waals surface area contributed by atoms with E-state index in [0.717, 1.165) is 0 Å². The van der Waals surface area contributed by atoms with Crippen LogP contribution in [0.2, 0.25) is 0 Å². The normalized spacial score (nSPS) is 8.50. The van der Waals surface area contributed by atoms with E-state index < -0.39 is 0 Å². The Morgan fingerprint density at radius 2 is 2.30 bits per heavy atom. The molecule has 0 bridgehead atoms. The zero-order chi connectivity index (χ0) is 6.69. The van der Waals surface area contributed by atoms with Crippen LogP contribution >= 0.6 is 0 Å². The molecular formula is C6H11N3O. The first-order valence-electron chi connectivity index (χ1n) is 2.50. The average molecular weight is 141 g/mol. The van der Waals surface area contributed by atoms with Gasteiger partial charge in [-0.1, -0.05) is 7.43 Å². The van der Waals surface area contributed by atoms with Gasteiger partial charge in [-0.15, -0.1) is 0 Å². The van der Waals surface area contributed by atoms with Crippen LogP contribution in [-0.2, 0) is 6.61 Å². The minimum Gasteiger partial charge on any atom is -0.391 e. The quantitative estimate of drug-likeness (QED) is 0.585. The van der Waals surface area contributed by atoms with Crippen LogP contribution in [0.15, 0.2) is 12.5 Å². The summed E-state index contributed by atoms with van der Waals surface area (Å²) in [6, 6.07) is 0. The fourth-order valence-electron chi connectivity index (χ4n) is 0.490. The van der Waals surface area contributed by atoms with Crippen molar-refractivity contribution in [3.05, 3.63) is 18.1 Å². The van der Waals surface area contributed by atoms with E-state index in [1.807, 2.05) is 0 Å². The van der Waals surface area contributed by atoms with Gasteiger partial charge in [0, 0.05) is 11.8 Å². The van der Waals surface area contributed by atoms with Gasteiger partial charge in [-0.05, 0) is 0 Å². The van der Waals surface area contributed by atoms with Gasteiger partial charge in [0.25, 0.3) is 0 Å². The Labute approximate surface area is 59.7 Å². The van der Waals surface area contributed by atoms with Gasteiger partial charge in [0.05, 0.1) is 6.61 Å². The van der Waals surface area contributed by atoms with E-state index in [1.165, 1.54) is 12.5 Å². The van der Waals surface area contributed by atoms with Crippen molar-refractivity contribution in [2.24, 2.45) is 0 Å². The van der Waals surface area contributed by atoms with Crippen molar-refractivity contribution >= 4 is 5.82 Å². The minimum atomic E-state index is -0.104. The van der Waals surface area contributed by atoms with Gasteiger partial charge in [0.15, 0.2) is 0 Å². The van der Waals surface area contributed by atoms with Crippen LogP contribution in [0.5, 0.6) is 0 Å². The standard InChI is InChI=1S/C5H7N3O.CH4/c6-5-4(2-9)1-7-3-8-5;/h1,3,9H,2H2,(H2,6,7,8);1H4. The Bertz CT molecular complexity index is 202. The van der Waals surface area contributed by atoms with Crippen LogP contribution in [0.3, 0.4) is 0 Å². The fraction of sp³-hybridized carbons (Fsp3) is 0.333. The Morgan fingerprint density at radius 3 is 2.70 bits per heavy atom. The van der Waals surface area contributed by atoms with Gasteiger partial charge < -0.3 is 10.8 Å². The number of anilines is 1. The first-order chi connectivity index (χ1) is 4.34. The molecule has 10 heavy (non-hydrogen) atoms. The second-order valence-electron chi connectivity index (χ2n) is 1.59. The third-order valence-electron chi connectivity index (χ3n) is 0.993. The highest BCUT2D eigenvalue weighted by Crippen LogP contribution is 2.02. The molecule has 0 aliphatic heterocycles. The smallest absolute Gasteiger partial charge is 0.132 e. The second kappa shape index (κ2) is 3.79. The van der Waals surface area contributed by atoms with Gasteiger partial charge >= 0.3 is 0 Å². The van der Waals surface area contributed by atoms with Crippen LogP contribution < -0.4 is 5.73 Å². The van der Waals surface area contributed by atoms with Gasteiger partial charge in [0.1, 0.15) is 12.1 Å². The van der Waals surface area contributed by atoms with Crippen LogP contribution in [0, 0.1) is 0 Å². The number of aliphatic hydroxyl groups is 1. The summed E-state index contributed by atoms with van der Waals surface area (Å²) < 4.78 is 0. The number of nitrogens with zero attached hydrogens (tertiary/aromatic N) is 2. The summed E-state index contributed by atoms with van der Waals surface area (Å²) in [4.78, 5) is 7.32. The lowest BCUT2D eigenvalue weighted by Gasteiger charge is -1.95. The number of aliphatic hydroxyl groups excluding tert-OH is 1. The van der Waals surface area contributed by atoms with E-state index in [1.54, 1.807) is 0 Å². The summed E-state index contributed by atoms with van der Waals surface area (Å²) in [5, 5.41) is 8.56. The lowest BCUT2D eigenvalue weighted by molar-refractivity contribution is 0.281. The highest BCUT2D eigenvalue weighted by Gasteiger charge is 1.94. The number of hydrogen-bond acceptors (Lipinski definition) is 4. The molecule has 4 nitrogen and oxygen atoms in total. The monoisotopic (exact) mass is 141 g/mol. The molecule has 0 aliphatic carbocycles. The number of rotatable bonds is 1. The maximum absolute atomic E-state index is 8.56. The molecule has 4 heteroatoms. The molecule has 1 heterocycles. The van der Waals surface area contributed by atoms with Crippen molar-refractivity contribution < 1.29 is 5.11 Å². The lowest BCUT2D eigenvalue weighted by Crippen LogP contribution is -1.97. The number of hydrogen-bond donors (Lipinski definition) is 2. The van der Waals surface area contributed by atoms with Crippen molar-refractivity contribution in [1.82, 2.24) is 9.97 Å². The van der Waals surface area contributed by atoms with E-state index in [4.69, 9.17) is 10.8 Å². The zero-order valence-corrected chi connectivity index (χ0v) is 4.78. The predicted octanol–water partition coefficient (Wildman–Crippen LogP) is 0.187. The van der Waals surface area contributed by atoms with Crippen LogP contribution in [0.25, 0.3) is 0 Å². The molecule has 1 aromatic rings. The molecule has 0 amide bonds. The molecule has 1 aromatic heterocycles. The average Bonchev–Trinajstić information content (AvgIpc) is 1.89. The van der Waals surface area contributed by atoms with Gasteiger partial charge in [-0.3, -0.25) is 0 Å². The third kappa shape index (κ3) is 1.66. The zero-order valence-electron chi connectivity index (χ0n) is 4.78. The molecule has 0 fully saturated rings. The first kappa shape index (κ1) is 8.84. The summed E-state index contributed by atoms with van der Waals surface area (Å²) in [6.07, 6.45) is 2.83. The Balaban J connectivity index is 0.000000810. The molecule has 0 spiro atoms. The molecule has 0 unspecified atom stereocenters. The van der Waals surface area contributed by atoms with Gasteiger partial charge in [0.2, 0.25) is 0 Å². The van der Waals surface area contributed by atoms with Crippen molar-refractivity contribution in [2.75, 3.05) is 5.73 Å². The molecular weight excluding hydrogens is 130 g/mol. The van der Waals surface area contributed by atoms with Crippen LogP contribution in [0.1, 0.15) is 13.0 Å². The van der Waals surface area contributed by atoms with E-state index in [2.05, 4.69) is 9.97 Å². The van der Waals surface area contributed by atoms with Crippen LogP contribution in [0.4, 0.5) is 5.82 Å². The molecule has 0 saturated heterocycles. The highest BCUT2D eigenvalue weighted by molar-refractivity contribution is 5.35. The maximum Gasteiger partial charge on any atom is 0.132 e.